The van der Waals surface area contributed by atoms with E-state index in [1.807, 2.05) is 12.1 Å². The van der Waals surface area contributed by atoms with E-state index in [0.29, 0.717) is 28.0 Å². The fourth-order valence-electron chi connectivity index (χ4n) is 5.58. The molecule has 5 heteroatoms. The molecule has 0 radical (unpaired) electrons. The molecule has 4 bridgehead atoms. The van der Waals surface area contributed by atoms with Gasteiger partial charge in [-0.3, -0.25) is 9.69 Å². The zero-order chi connectivity index (χ0) is 20.1. The Balaban J connectivity index is 1.43. The summed E-state index contributed by atoms with van der Waals surface area (Å²) >= 11 is 12.4. The number of benzene rings is 2. The van der Waals surface area contributed by atoms with Gasteiger partial charge in [-0.05, 0) is 48.4 Å². The van der Waals surface area contributed by atoms with Crippen molar-refractivity contribution in [1.29, 1.82) is 0 Å². The van der Waals surface area contributed by atoms with Gasteiger partial charge in [-0.2, -0.15) is 0 Å². The fraction of sp³-hybridized carbons (Fsp3) is 0.375. The standard InChI is InChI=1S/C24H23Cl2NO2/c1-29-24(28)23-20-12-18-7-9-22(23)27(18)13-16(20)10-14-2-4-15(5-3-14)19-8-6-17(25)11-21(19)26/h2-6,8,10-11,18,20,22-23H,7,9,12-13H2,1H3/b16-10+/t18-,20+,22+,23-/m0/s1. The van der Waals surface area contributed by atoms with Crippen molar-refractivity contribution in [3.63, 3.8) is 0 Å². The molecule has 4 aliphatic rings. The van der Waals surface area contributed by atoms with E-state index in [1.165, 1.54) is 19.1 Å². The molecule has 2 aromatic rings. The summed E-state index contributed by atoms with van der Waals surface area (Å²) in [4.78, 5) is 15.0. The summed E-state index contributed by atoms with van der Waals surface area (Å²) in [5, 5.41) is 1.29. The number of esters is 1. The SMILES string of the molecule is COC(=O)[C@H]1[C@@H]2C[C@@H]3CC[C@H]1N3C/C2=C\c1ccc(-c2ccc(Cl)cc2Cl)cc1. The van der Waals surface area contributed by atoms with Crippen molar-refractivity contribution in [2.75, 3.05) is 13.7 Å². The first-order chi connectivity index (χ1) is 14.0. The van der Waals surface area contributed by atoms with Gasteiger partial charge in [-0.25, -0.2) is 0 Å². The number of nitrogens with zero attached hydrogens (tertiary/aromatic N) is 1. The smallest absolute Gasteiger partial charge is 0.310 e. The first kappa shape index (κ1) is 19.2. The van der Waals surface area contributed by atoms with E-state index >= 15 is 0 Å². The van der Waals surface area contributed by atoms with E-state index < -0.39 is 0 Å². The Morgan fingerprint density at radius 1 is 1.14 bits per heavy atom. The second-order valence-corrected chi connectivity index (χ2v) is 9.17. The van der Waals surface area contributed by atoms with Crippen molar-refractivity contribution in [1.82, 2.24) is 4.90 Å². The predicted molar refractivity (Wildman–Crippen MR) is 117 cm³/mol. The third-order valence-electron chi connectivity index (χ3n) is 6.88. The molecule has 0 aliphatic carbocycles. The highest BCUT2D eigenvalue weighted by Crippen LogP contribution is 2.50. The highest BCUT2D eigenvalue weighted by Gasteiger charge is 2.55. The van der Waals surface area contributed by atoms with Crippen LogP contribution < -0.4 is 0 Å². The lowest BCUT2D eigenvalue weighted by atomic mass is 9.71. The summed E-state index contributed by atoms with van der Waals surface area (Å²) < 4.78 is 5.16. The molecule has 2 aromatic carbocycles. The molecule has 5 atom stereocenters. The summed E-state index contributed by atoms with van der Waals surface area (Å²) in [6, 6.07) is 15.0. The summed E-state index contributed by atoms with van der Waals surface area (Å²) in [6.07, 6.45) is 5.66. The predicted octanol–water partition coefficient (Wildman–Crippen LogP) is 5.70. The van der Waals surface area contributed by atoms with E-state index in [-0.39, 0.29) is 11.9 Å². The Morgan fingerprint density at radius 2 is 1.93 bits per heavy atom. The van der Waals surface area contributed by atoms with Crippen molar-refractivity contribution in [2.24, 2.45) is 11.8 Å². The van der Waals surface area contributed by atoms with Crippen LogP contribution in [0.5, 0.6) is 0 Å². The van der Waals surface area contributed by atoms with Crippen LogP contribution in [0.1, 0.15) is 24.8 Å². The van der Waals surface area contributed by atoms with Gasteiger partial charge in [0.25, 0.3) is 0 Å². The Morgan fingerprint density at radius 3 is 2.66 bits per heavy atom. The third-order valence-corrected chi connectivity index (χ3v) is 7.43. The highest BCUT2D eigenvalue weighted by molar-refractivity contribution is 6.36. The number of piperidine rings is 3. The minimum Gasteiger partial charge on any atom is -0.469 e. The van der Waals surface area contributed by atoms with Gasteiger partial charge in [-0.15, -0.1) is 0 Å². The quantitative estimate of drug-likeness (QED) is 0.588. The van der Waals surface area contributed by atoms with E-state index in [1.54, 1.807) is 6.07 Å². The Labute approximate surface area is 181 Å². The largest absolute Gasteiger partial charge is 0.469 e. The maximum atomic E-state index is 12.5. The first-order valence-corrected chi connectivity index (χ1v) is 10.9. The zero-order valence-electron chi connectivity index (χ0n) is 16.3. The van der Waals surface area contributed by atoms with Crippen molar-refractivity contribution >= 4 is 35.2 Å². The lowest BCUT2D eigenvalue weighted by molar-refractivity contribution is -0.153. The van der Waals surface area contributed by atoms with Crippen molar-refractivity contribution in [2.45, 2.75) is 31.3 Å². The maximum absolute atomic E-state index is 12.5. The summed E-state index contributed by atoms with van der Waals surface area (Å²) in [7, 11) is 1.51. The molecule has 3 nitrogen and oxygen atoms in total. The van der Waals surface area contributed by atoms with Gasteiger partial charge < -0.3 is 4.74 Å². The van der Waals surface area contributed by atoms with Crippen LogP contribution in [-0.4, -0.2) is 36.6 Å². The minimum atomic E-state index is -0.0521. The number of hydrogen-bond acceptors (Lipinski definition) is 3. The minimum absolute atomic E-state index is 0.0223. The van der Waals surface area contributed by atoms with Gasteiger partial charge >= 0.3 is 5.97 Å². The number of rotatable bonds is 3. The summed E-state index contributed by atoms with van der Waals surface area (Å²) in [5.41, 5.74) is 4.54. The van der Waals surface area contributed by atoms with Gasteiger partial charge in [0.2, 0.25) is 0 Å². The molecule has 4 heterocycles. The molecule has 0 aromatic heterocycles. The van der Waals surface area contributed by atoms with E-state index in [4.69, 9.17) is 27.9 Å². The molecule has 29 heavy (non-hydrogen) atoms. The highest BCUT2D eigenvalue weighted by atomic mass is 35.5. The van der Waals surface area contributed by atoms with Gasteiger partial charge in [0, 0.05) is 34.2 Å². The van der Waals surface area contributed by atoms with Gasteiger partial charge in [-0.1, -0.05) is 65.2 Å². The van der Waals surface area contributed by atoms with E-state index in [2.05, 4.69) is 35.2 Å². The Hall–Kier alpha value is -1.81. The van der Waals surface area contributed by atoms with Crippen molar-refractivity contribution < 1.29 is 9.53 Å². The molecule has 4 fully saturated rings. The second-order valence-electron chi connectivity index (χ2n) is 8.33. The molecule has 1 unspecified atom stereocenters. The average Bonchev–Trinajstić information content (AvgIpc) is 3.03. The number of hydrogen-bond donors (Lipinski definition) is 0. The molecule has 0 spiro atoms. The zero-order valence-corrected chi connectivity index (χ0v) is 17.8. The third kappa shape index (κ3) is 3.30. The monoisotopic (exact) mass is 427 g/mol. The van der Waals surface area contributed by atoms with Gasteiger partial charge in [0.15, 0.2) is 0 Å². The first-order valence-electron chi connectivity index (χ1n) is 10.1. The summed E-state index contributed by atoms with van der Waals surface area (Å²) in [6.45, 7) is 0.970. The van der Waals surface area contributed by atoms with Crippen LogP contribution in [0.2, 0.25) is 10.0 Å². The van der Waals surface area contributed by atoms with Gasteiger partial charge in [0.1, 0.15) is 0 Å². The topological polar surface area (TPSA) is 29.5 Å². The maximum Gasteiger partial charge on any atom is 0.310 e. The van der Waals surface area contributed by atoms with Crippen LogP contribution in [0, 0.1) is 11.8 Å². The van der Waals surface area contributed by atoms with Crippen LogP contribution in [0.15, 0.2) is 48.0 Å². The molecule has 6 rings (SSSR count). The molecule has 4 saturated heterocycles. The van der Waals surface area contributed by atoms with Crippen LogP contribution >= 0.6 is 23.2 Å². The fourth-order valence-corrected chi connectivity index (χ4v) is 6.09. The summed E-state index contributed by atoms with van der Waals surface area (Å²) in [5.74, 6) is 0.227. The average molecular weight is 428 g/mol. The molecular weight excluding hydrogens is 405 g/mol. The van der Waals surface area contributed by atoms with Crippen molar-refractivity contribution in [3.8, 4) is 11.1 Å². The normalized spacial score (nSPS) is 31.3. The Kier molecular flexibility index (Phi) is 4.93. The lowest BCUT2D eigenvalue weighted by Gasteiger charge is -2.50. The number of ether oxygens (including phenoxy) is 1. The molecule has 4 aliphatic heterocycles. The van der Waals surface area contributed by atoms with Crippen LogP contribution in [-0.2, 0) is 9.53 Å². The number of halogens is 2. The van der Waals surface area contributed by atoms with Gasteiger partial charge in [0.05, 0.1) is 13.0 Å². The molecule has 0 amide bonds. The van der Waals surface area contributed by atoms with Crippen LogP contribution in [0.4, 0.5) is 0 Å². The molecular formula is C24H23Cl2NO2. The lowest BCUT2D eigenvalue weighted by Crippen LogP contribution is -2.58. The van der Waals surface area contributed by atoms with E-state index in [0.717, 1.165) is 36.1 Å². The number of carbonyl (C=O) groups is 1. The molecule has 0 N–H and O–H groups in total. The molecule has 0 saturated carbocycles. The number of fused-ring (bicyclic) bond motifs is 1. The van der Waals surface area contributed by atoms with E-state index in [9.17, 15) is 4.79 Å². The van der Waals surface area contributed by atoms with Crippen LogP contribution in [0.25, 0.3) is 17.2 Å². The second kappa shape index (κ2) is 7.46. The van der Waals surface area contributed by atoms with Crippen molar-refractivity contribution in [3.05, 3.63) is 63.6 Å². The molecule has 150 valence electrons. The van der Waals surface area contributed by atoms with Crippen LogP contribution in [0.3, 0.4) is 0 Å². The number of carbonyl (C=O) groups excluding carboxylic acids is 1. The number of methoxy groups -OCH3 is 1. The Bertz CT molecular complexity index is 985.